The van der Waals surface area contributed by atoms with E-state index in [0.29, 0.717) is 6.54 Å². The summed E-state index contributed by atoms with van der Waals surface area (Å²) in [5, 5.41) is 15.5. The summed E-state index contributed by atoms with van der Waals surface area (Å²) in [5.41, 5.74) is 0.837. The van der Waals surface area contributed by atoms with Crippen LogP contribution in [0.5, 0.6) is 0 Å². The van der Waals surface area contributed by atoms with E-state index in [9.17, 15) is 9.90 Å². The average Bonchev–Trinajstić information content (AvgIpc) is 2.91. The SMILES string of the molecule is CC(C)(C)C(NC(=O)O)C(NCc1ccc(Br)s1)c1ccccc1. The van der Waals surface area contributed by atoms with Crippen molar-refractivity contribution in [3.8, 4) is 0 Å². The second-order valence-electron chi connectivity index (χ2n) is 6.77. The van der Waals surface area contributed by atoms with Crippen LogP contribution in [0.4, 0.5) is 4.79 Å². The van der Waals surface area contributed by atoms with Crippen molar-refractivity contribution < 1.29 is 9.90 Å². The standard InChI is InChI=1S/C18H23BrN2O2S/c1-18(2,3)16(21-17(22)23)15(12-7-5-4-6-8-12)20-11-13-9-10-14(19)24-13/h4-10,15-16,20-21H,11H2,1-3H3,(H,22,23). The summed E-state index contributed by atoms with van der Waals surface area (Å²) in [6, 6.07) is 13.7. The molecule has 24 heavy (non-hydrogen) atoms. The van der Waals surface area contributed by atoms with Crippen molar-refractivity contribution in [3.63, 3.8) is 0 Å². The molecule has 1 heterocycles. The molecule has 130 valence electrons. The minimum absolute atomic E-state index is 0.122. The fourth-order valence-corrected chi connectivity index (χ4v) is 4.11. The van der Waals surface area contributed by atoms with Gasteiger partial charge in [-0.1, -0.05) is 51.1 Å². The summed E-state index contributed by atoms with van der Waals surface area (Å²) in [4.78, 5) is 12.5. The molecular formula is C18H23BrN2O2S. The molecule has 0 spiro atoms. The van der Waals surface area contributed by atoms with E-state index in [0.717, 1.165) is 9.35 Å². The summed E-state index contributed by atoms with van der Waals surface area (Å²) in [6.45, 7) is 6.83. The molecule has 0 radical (unpaired) electrons. The van der Waals surface area contributed by atoms with E-state index < -0.39 is 6.09 Å². The lowest BCUT2D eigenvalue weighted by atomic mass is 9.80. The Balaban J connectivity index is 2.28. The van der Waals surface area contributed by atoms with Crippen molar-refractivity contribution in [1.82, 2.24) is 10.6 Å². The lowest BCUT2D eigenvalue weighted by Crippen LogP contribution is -2.51. The predicted octanol–water partition coefficient (Wildman–Crippen LogP) is 5.02. The number of halogens is 1. The third kappa shape index (κ3) is 5.33. The lowest BCUT2D eigenvalue weighted by molar-refractivity contribution is 0.160. The Labute approximate surface area is 155 Å². The molecule has 3 N–H and O–H groups in total. The molecule has 0 bridgehead atoms. The highest BCUT2D eigenvalue weighted by Gasteiger charge is 2.34. The van der Waals surface area contributed by atoms with Crippen molar-refractivity contribution in [2.24, 2.45) is 5.41 Å². The summed E-state index contributed by atoms with van der Waals surface area (Å²) in [6.07, 6.45) is -1.00. The molecule has 0 aliphatic carbocycles. The smallest absolute Gasteiger partial charge is 0.404 e. The van der Waals surface area contributed by atoms with Gasteiger partial charge in [0.2, 0.25) is 0 Å². The number of carbonyl (C=O) groups is 1. The lowest BCUT2D eigenvalue weighted by Gasteiger charge is -2.37. The quantitative estimate of drug-likeness (QED) is 0.625. The van der Waals surface area contributed by atoms with Crippen LogP contribution in [0.15, 0.2) is 46.3 Å². The predicted molar refractivity (Wildman–Crippen MR) is 102 cm³/mol. The number of benzene rings is 1. The molecule has 2 atom stereocenters. The second kappa shape index (κ2) is 8.14. The van der Waals surface area contributed by atoms with Gasteiger partial charge in [-0.25, -0.2) is 4.79 Å². The largest absolute Gasteiger partial charge is 0.465 e. The Hall–Kier alpha value is -1.37. The molecule has 6 heteroatoms. The molecule has 1 amide bonds. The van der Waals surface area contributed by atoms with Crippen LogP contribution < -0.4 is 10.6 Å². The van der Waals surface area contributed by atoms with Gasteiger partial charge in [-0.2, -0.15) is 0 Å². The zero-order valence-corrected chi connectivity index (χ0v) is 16.4. The van der Waals surface area contributed by atoms with Gasteiger partial charge < -0.3 is 15.7 Å². The molecule has 1 aromatic heterocycles. The molecule has 2 unspecified atom stereocenters. The second-order valence-corrected chi connectivity index (χ2v) is 9.32. The molecule has 0 saturated carbocycles. The van der Waals surface area contributed by atoms with Crippen LogP contribution in [-0.4, -0.2) is 17.2 Å². The molecule has 4 nitrogen and oxygen atoms in total. The molecule has 2 rings (SSSR count). The zero-order valence-electron chi connectivity index (χ0n) is 14.0. The zero-order chi connectivity index (χ0) is 17.7. The van der Waals surface area contributed by atoms with E-state index in [-0.39, 0.29) is 17.5 Å². The topological polar surface area (TPSA) is 61.4 Å². The molecule has 0 saturated heterocycles. The van der Waals surface area contributed by atoms with Crippen LogP contribution in [0.2, 0.25) is 0 Å². The van der Waals surface area contributed by atoms with E-state index in [1.54, 1.807) is 11.3 Å². The van der Waals surface area contributed by atoms with Crippen LogP contribution in [0.3, 0.4) is 0 Å². The molecule has 0 aliphatic heterocycles. The summed E-state index contributed by atoms with van der Waals surface area (Å²) >= 11 is 5.15. The highest BCUT2D eigenvalue weighted by atomic mass is 79.9. The Morgan fingerprint density at radius 3 is 2.38 bits per heavy atom. The van der Waals surface area contributed by atoms with Crippen molar-refractivity contribution in [2.45, 2.75) is 39.4 Å². The van der Waals surface area contributed by atoms with Gasteiger partial charge in [-0.15, -0.1) is 11.3 Å². The summed E-state index contributed by atoms with van der Waals surface area (Å²) < 4.78 is 1.09. The van der Waals surface area contributed by atoms with Crippen LogP contribution in [0.25, 0.3) is 0 Å². The molecule has 1 aromatic carbocycles. The average molecular weight is 411 g/mol. The van der Waals surface area contributed by atoms with Crippen molar-refractivity contribution in [2.75, 3.05) is 0 Å². The fourth-order valence-electron chi connectivity index (χ4n) is 2.68. The summed E-state index contributed by atoms with van der Waals surface area (Å²) in [7, 11) is 0. The van der Waals surface area contributed by atoms with Crippen molar-refractivity contribution >= 4 is 33.4 Å². The van der Waals surface area contributed by atoms with E-state index in [1.807, 2.05) is 57.2 Å². The van der Waals surface area contributed by atoms with Gasteiger partial charge in [0.15, 0.2) is 0 Å². The monoisotopic (exact) mass is 410 g/mol. The number of thiophene rings is 1. The number of hydrogen-bond acceptors (Lipinski definition) is 3. The van der Waals surface area contributed by atoms with E-state index in [4.69, 9.17) is 0 Å². The third-order valence-corrected chi connectivity index (χ3v) is 5.45. The Morgan fingerprint density at radius 2 is 1.88 bits per heavy atom. The number of rotatable bonds is 6. The highest BCUT2D eigenvalue weighted by Crippen LogP contribution is 2.31. The normalized spacial score (nSPS) is 14.2. The maximum absolute atomic E-state index is 11.3. The van der Waals surface area contributed by atoms with E-state index in [2.05, 4.69) is 32.6 Å². The van der Waals surface area contributed by atoms with E-state index >= 15 is 0 Å². The molecule has 0 aliphatic rings. The first-order chi connectivity index (χ1) is 11.3. The minimum atomic E-state index is -1.00. The first-order valence-corrected chi connectivity index (χ1v) is 9.40. The fraction of sp³-hybridized carbons (Fsp3) is 0.389. The number of carboxylic acid groups (broad SMARTS) is 1. The first kappa shape index (κ1) is 19.0. The van der Waals surface area contributed by atoms with Crippen LogP contribution in [0.1, 0.15) is 37.3 Å². The maximum Gasteiger partial charge on any atom is 0.404 e. The van der Waals surface area contributed by atoms with Crippen LogP contribution in [-0.2, 0) is 6.54 Å². The molecular weight excluding hydrogens is 388 g/mol. The number of amides is 1. The van der Waals surface area contributed by atoms with Gasteiger partial charge in [-0.05, 0) is 39.0 Å². The van der Waals surface area contributed by atoms with Crippen LogP contribution in [0, 0.1) is 5.41 Å². The van der Waals surface area contributed by atoms with Gasteiger partial charge in [-0.3, -0.25) is 0 Å². The minimum Gasteiger partial charge on any atom is -0.465 e. The van der Waals surface area contributed by atoms with Gasteiger partial charge in [0, 0.05) is 11.4 Å². The van der Waals surface area contributed by atoms with Gasteiger partial charge in [0.05, 0.1) is 15.9 Å². The Morgan fingerprint density at radius 1 is 1.21 bits per heavy atom. The van der Waals surface area contributed by atoms with Gasteiger partial charge in [0.25, 0.3) is 0 Å². The summed E-state index contributed by atoms with van der Waals surface area (Å²) in [5.74, 6) is 0. The van der Waals surface area contributed by atoms with Crippen LogP contribution >= 0.6 is 27.3 Å². The van der Waals surface area contributed by atoms with Gasteiger partial charge in [0.1, 0.15) is 0 Å². The van der Waals surface area contributed by atoms with Gasteiger partial charge >= 0.3 is 6.09 Å². The maximum atomic E-state index is 11.3. The Kier molecular flexibility index (Phi) is 6.43. The van der Waals surface area contributed by atoms with Crippen molar-refractivity contribution in [1.29, 1.82) is 0 Å². The van der Waals surface area contributed by atoms with E-state index in [1.165, 1.54) is 4.88 Å². The van der Waals surface area contributed by atoms with Crippen molar-refractivity contribution in [3.05, 3.63) is 56.7 Å². The number of hydrogen-bond donors (Lipinski definition) is 3. The first-order valence-electron chi connectivity index (χ1n) is 7.79. The third-order valence-electron chi connectivity index (χ3n) is 3.83. The Bertz CT molecular complexity index is 667. The number of nitrogens with one attached hydrogen (secondary N) is 2. The highest BCUT2D eigenvalue weighted by molar-refractivity contribution is 9.11. The molecule has 0 fully saturated rings. The molecule has 2 aromatic rings.